The second kappa shape index (κ2) is 3.51. The summed E-state index contributed by atoms with van der Waals surface area (Å²) in [6.07, 6.45) is 0. The minimum absolute atomic E-state index is 0.406. The summed E-state index contributed by atoms with van der Waals surface area (Å²) in [6, 6.07) is 5.24. The highest BCUT2D eigenvalue weighted by atomic mass is 35.7. The van der Waals surface area contributed by atoms with Crippen LogP contribution in [0.25, 0.3) is 0 Å². The highest BCUT2D eigenvalue weighted by Crippen LogP contribution is 2.32. The topological polar surface area (TPSA) is 34.1 Å². The van der Waals surface area contributed by atoms with Crippen molar-refractivity contribution in [2.75, 3.05) is 0 Å². The Labute approximate surface area is 87.1 Å². The molecule has 0 aromatic heterocycles. The quantitative estimate of drug-likeness (QED) is 0.740. The Balaban J connectivity index is 3.24. The fraction of sp³-hybridized carbons (Fsp3) is 0.333. The molecule has 0 aliphatic carbocycles. The maximum atomic E-state index is 12.6. The maximum absolute atomic E-state index is 12.6. The van der Waals surface area contributed by atoms with Crippen molar-refractivity contribution in [3.8, 4) is 0 Å². The molecule has 0 amide bonds. The van der Waals surface area contributed by atoms with E-state index in [-0.39, 0.29) is 0 Å². The second-order valence-electron chi connectivity index (χ2n) is 3.46. The molecule has 1 aromatic rings. The first-order chi connectivity index (χ1) is 6.25. The van der Waals surface area contributed by atoms with E-state index in [9.17, 15) is 12.8 Å². The Bertz CT molecular complexity index is 423. The van der Waals surface area contributed by atoms with Gasteiger partial charge >= 0.3 is 0 Å². The van der Waals surface area contributed by atoms with E-state index in [1.807, 2.05) is 0 Å². The molecule has 0 heterocycles. The van der Waals surface area contributed by atoms with Gasteiger partial charge in [0.2, 0.25) is 9.05 Å². The summed E-state index contributed by atoms with van der Waals surface area (Å²) in [5, 5.41) is 0. The first kappa shape index (κ1) is 11.5. The normalized spacial score (nSPS) is 12.9. The lowest BCUT2D eigenvalue weighted by Gasteiger charge is -2.20. The fourth-order valence-electron chi connectivity index (χ4n) is 0.992. The number of halogens is 2. The van der Waals surface area contributed by atoms with E-state index in [1.54, 1.807) is 0 Å². The first-order valence-electron chi connectivity index (χ1n) is 3.95. The van der Waals surface area contributed by atoms with E-state index in [0.717, 1.165) is 0 Å². The predicted molar refractivity (Wildman–Crippen MR) is 54.2 cm³/mol. The highest BCUT2D eigenvalue weighted by Gasteiger charge is 2.34. The molecule has 0 aliphatic rings. The minimum Gasteiger partial charge on any atom is -0.211 e. The van der Waals surface area contributed by atoms with Crippen LogP contribution in [-0.2, 0) is 13.8 Å². The molecule has 0 spiro atoms. The Kier molecular flexibility index (Phi) is 2.88. The molecule has 0 unspecified atom stereocenters. The lowest BCUT2D eigenvalue weighted by Crippen LogP contribution is -2.24. The lowest BCUT2D eigenvalue weighted by molar-refractivity contribution is 0.569. The molecule has 1 aromatic carbocycles. The Morgan fingerprint density at radius 1 is 1.21 bits per heavy atom. The van der Waals surface area contributed by atoms with Gasteiger partial charge in [-0.3, -0.25) is 0 Å². The molecule has 0 saturated carbocycles. The third-order valence-corrected chi connectivity index (χ3v) is 4.76. The van der Waals surface area contributed by atoms with Crippen molar-refractivity contribution in [1.29, 1.82) is 0 Å². The summed E-state index contributed by atoms with van der Waals surface area (Å²) in [5.41, 5.74) is 0.467. The molecule has 0 radical (unpaired) electrons. The largest absolute Gasteiger partial charge is 0.241 e. The number of rotatable bonds is 2. The van der Waals surface area contributed by atoms with E-state index in [0.29, 0.717) is 5.56 Å². The third kappa shape index (κ3) is 2.07. The average molecular weight is 237 g/mol. The van der Waals surface area contributed by atoms with Crippen molar-refractivity contribution in [3.63, 3.8) is 0 Å². The molecular formula is C9H10ClFO2S. The molecule has 1 rings (SSSR count). The van der Waals surface area contributed by atoms with Crippen molar-refractivity contribution in [2.24, 2.45) is 0 Å². The van der Waals surface area contributed by atoms with E-state index < -0.39 is 19.6 Å². The van der Waals surface area contributed by atoms with Crippen LogP contribution in [0.1, 0.15) is 19.4 Å². The van der Waals surface area contributed by atoms with Crippen LogP contribution in [-0.4, -0.2) is 8.42 Å². The van der Waals surface area contributed by atoms with Crippen molar-refractivity contribution in [3.05, 3.63) is 35.6 Å². The smallest absolute Gasteiger partial charge is 0.211 e. The van der Waals surface area contributed by atoms with E-state index >= 15 is 0 Å². The van der Waals surface area contributed by atoms with Gasteiger partial charge in [-0.2, -0.15) is 0 Å². The van der Waals surface area contributed by atoms with Crippen LogP contribution >= 0.6 is 10.7 Å². The Morgan fingerprint density at radius 2 is 1.64 bits per heavy atom. The van der Waals surface area contributed by atoms with Crippen molar-refractivity contribution in [2.45, 2.75) is 18.6 Å². The van der Waals surface area contributed by atoms with Crippen molar-refractivity contribution < 1.29 is 12.8 Å². The van der Waals surface area contributed by atoms with Crippen LogP contribution in [0.2, 0.25) is 0 Å². The SMILES string of the molecule is CC(C)(c1ccc(F)cc1)S(=O)(=O)Cl. The van der Waals surface area contributed by atoms with Gasteiger partial charge in [-0.1, -0.05) is 12.1 Å². The second-order valence-corrected chi connectivity index (χ2v) is 6.57. The molecule has 14 heavy (non-hydrogen) atoms. The summed E-state index contributed by atoms with van der Waals surface area (Å²) in [7, 11) is 1.56. The third-order valence-electron chi connectivity index (χ3n) is 2.15. The molecule has 2 nitrogen and oxygen atoms in total. The summed E-state index contributed by atoms with van der Waals surface area (Å²) < 4.78 is 33.8. The Hall–Kier alpha value is -0.610. The van der Waals surface area contributed by atoms with Gasteiger partial charge < -0.3 is 0 Å². The van der Waals surface area contributed by atoms with E-state index in [1.165, 1.54) is 38.1 Å². The van der Waals surface area contributed by atoms with Gasteiger partial charge in [0.05, 0.1) is 0 Å². The average Bonchev–Trinajstić information content (AvgIpc) is 2.03. The number of benzene rings is 1. The number of hydrogen-bond donors (Lipinski definition) is 0. The van der Waals surface area contributed by atoms with Crippen LogP contribution < -0.4 is 0 Å². The van der Waals surface area contributed by atoms with Crippen LogP contribution in [0.4, 0.5) is 4.39 Å². The van der Waals surface area contributed by atoms with Crippen LogP contribution in [0.15, 0.2) is 24.3 Å². The van der Waals surface area contributed by atoms with Gasteiger partial charge in [0.15, 0.2) is 0 Å². The number of hydrogen-bond acceptors (Lipinski definition) is 2. The Morgan fingerprint density at radius 3 is 2.00 bits per heavy atom. The standard InChI is InChI=1S/C9H10ClFO2S/c1-9(2,14(10,12)13)7-3-5-8(11)6-4-7/h3-6H,1-2H3. The molecular weight excluding hydrogens is 227 g/mol. The zero-order valence-electron chi connectivity index (χ0n) is 7.79. The molecule has 0 N–H and O–H groups in total. The molecule has 5 heteroatoms. The van der Waals surface area contributed by atoms with Crippen LogP contribution in [0.3, 0.4) is 0 Å². The summed E-state index contributed by atoms with van der Waals surface area (Å²) in [6.45, 7) is 2.95. The molecule has 0 atom stereocenters. The van der Waals surface area contributed by atoms with E-state index in [2.05, 4.69) is 0 Å². The van der Waals surface area contributed by atoms with Crippen LogP contribution in [0.5, 0.6) is 0 Å². The highest BCUT2D eigenvalue weighted by molar-refractivity contribution is 8.14. The monoisotopic (exact) mass is 236 g/mol. The van der Waals surface area contributed by atoms with Gasteiger partial charge in [-0.05, 0) is 31.5 Å². The van der Waals surface area contributed by atoms with Gasteiger partial charge in [0, 0.05) is 10.7 Å². The maximum Gasteiger partial charge on any atom is 0.241 e. The summed E-state index contributed by atoms with van der Waals surface area (Å²) in [5.74, 6) is -0.406. The minimum atomic E-state index is -3.72. The van der Waals surface area contributed by atoms with Gasteiger partial charge in [0.25, 0.3) is 0 Å². The zero-order chi connectivity index (χ0) is 11.0. The summed E-state index contributed by atoms with van der Waals surface area (Å²) >= 11 is 0. The van der Waals surface area contributed by atoms with Gasteiger partial charge in [0.1, 0.15) is 10.6 Å². The van der Waals surface area contributed by atoms with Crippen molar-refractivity contribution >= 4 is 19.7 Å². The van der Waals surface area contributed by atoms with Crippen molar-refractivity contribution in [1.82, 2.24) is 0 Å². The molecule has 0 aliphatic heterocycles. The van der Waals surface area contributed by atoms with Crippen LogP contribution in [0, 0.1) is 5.82 Å². The first-order valence-corrected chi connectivity index (χ1v) is 6.26. The van der Waals surface area contributed by atoms with E-state index in [4.69, 9.17) is 10.7 Å². The fourth-order valence-corrected chi connectivity index (χ4v) is 1.68. The molecule has 0 fully saturated rings. The predicted octanol–water partition coefficient (Wildman–Crippen LogP) is 2.63. The molecule has 0 bridgehead atoms. The summed E-state index contributed by atoms with van der Waals surface area (Å²) in [4.78, 5) is 0. The van der Waals surface area contributed by atoms with Gasteiger partial charge in [-0.25, -0.2) is 12.8 Å². The molecule has 78 valence electrons. The van der Waals surface area contributed by atoms with Gasteiger partial charge in [-0.15, -0.1) is 0 Å². The molecule has 0 saturated heterocycles. The lowest BCUT2D eigenvalue weighted by atomic mass is 10.0. The zero-order valence-corrected chi connectivity index (χ0v) is 9.36.